The lowest BCUT2D eigenvalue weighted by Crippen LogP contribution is -2.35. The highest BCUT2D eigenvalue weighted by atomic mass is 16.5. The Labute approximate surface area is 161 Å². The molecule has 0 aliphatic carbocycles. The van der Waals surface area contributed by atoms with Crippen LogP contribution in [0.1, 0.15) is 46.9 Å². The highest BCUT2D eigenvalue weighted by molar-refractivity contribution is 5.96. The average molecular weight is 368 g/mol. The fraction of sp³-hybridized carbons (Fsp3) is 0.409. The molecule has 0 spiro atoms. The molecular weight excluding hydrogens is 340 g/mol. The number of carbonyl (C=O) groups is 1. The maximum atomic E-state index is 13.1. The molecule has 144 valence electrons. The monoisotopic (exact) mass is 368 g/mol. The third-order valence-corrected chi connectivity index (χ3v) is 5.25. The summed E-state index contributed by atoms with van der Waals surface area (Å²) in [5, 5.41) is 3.58. The molecule has 1 atom stereocenters. The minimum absolute atomic E-state index is 0.0516. The van der Waals surface area contributed by atoms with E-state index in [1.807, 2.05) is 49.1 Å². The van der Waals surface area contributed by atoms with Gasteiger partial charge in [-0.25, -0.2) is 0 Å². The topological polar surface area (TPSA) is 50.8 Å². The summed E-state index contributed by atoms with van der Waals surface area (Å²) in [4.78, 5) is 14.9. The molecular formula is C22H28N2O3. The summed E-state index contributed by atoms with van der Waals surface area (Å²) < 4.78 is 11.0. The number of rotatable bonds is 6. The van der Waals surface area contributed by atoms with Crippen LogP contribution in [0.2, 0.25) is 0 Å². The molecule has 1 N–H and O–H groups in total. The van der Waals surface area contributed by atoms with Crippen LogP contribution < -0.4 is 14.8 Å². The molecule has 2 aromatic carbocycles. The number of fused-ring (bicyclic) bond motifs is 1. The molecule has 0 radical (unpaired) electrons. The van der Waals surface area contributed by atoms with Crippen LogP contribution in [0.5, 0.6) is 11.5 Å². The van der Waals surface area contributed by atoms with Gasteiger partial charge in [0, 0.05) is 25.2 Å². The predicted octanol–water partition coefficient (Wildman–Crippen LogP) is 3.42. The summed E-state index contributed by atoms with van der Waals surface area (Å²) in [5.74, 6) is 1.52. The summed E-state index contributed by atoms with van der Waals surface area (Å²) in [5.41, 5.74) is 4.11. The number of nitrogens with zero attached hydrogens (tertiary/aromatic N) is 1. The van der Waals surface area contributed by atoms with Crippen LogP contribution in [0.3, 0.4) is 0 Å². The van der Waals surface area contributed by atoms with E-state index in [0.29, 0.717) is 18.8 Å². The number of hydrogen-bond acceptors (Lipinski definition) is 4. The molecule has 1 heterocycles. The van der Waals surface area contributed by atoms with Crippen LogP contribution in [0.4, 0.5) is 0 Å². The lowest BCUT2D eigenvalue weighted by Gasteiger charge is -2.30. The Bertz CT molecular complexity index is 815. The van der Waals surface area contributed by atoms with Crippen LogP contribution in [-0.2, 0) is 6.42 Å². The van der Waals surface area contributed by atoms with Crippen LogP contribution in [0.25, 0.3) is 0 Å². The molecule has 0 saturated carbocycles. The van der Waals surface area contributed by atoms with E-state index in [9.17, 15) is 4.79 Å². The zero-order chi connectivity index (χ0) is 19.4. The standard InChI is InChI=1S/C22H28N2O3/c1-5-24(6-2)22(25)17-10-8-7-9-16(17)21-18-14-20(27-4)19(26-3)13-15(18)11-12-23-21/h7-10,13-14,21,23H,5-6,11-12H2,1-4H3. The molecule has 0 saturated heterocycles. The van der Waals surface area contributed by atoms with Crippen molar-refractivity contribution in [2.75, 3.05) is 33.9 Å². The van der Waals surface area contributed by atoms with Crippen LogP contribution in [0.15, 0.2) is 36.4 Å². The Balaban J connectivity index is 2.09. The number of carbonyl (C=O) groups excluding carboxylic acids is 1. The van der Waals surface area contributed by atoms with Gasteiger partial charge >= 0.3 is 0 Å². The van der Waals surface area contributed by atoms with Crippen LogP contribution >= 0.6 is 0 Å². The second kappa shape index (κ2) is 8.44. The quantitative estimate of drug-likeness (QED) is 0.849. The molecule has 0 aromatic heterocycles. The minimum Gasteiger partial charge on any atom is -0.493 e. The van der Waals surface area contributed by atoms with Gasteiger partial charge in [-0.1, -0.05) is 18.2 Å². The van der Waals surface area contributed by atoms with Crippen LogP contribution in [0, 0.1) is 0 Å². The molecule has 1 aliphatic rings. The van der Waals surface area contributed by atoms with Crippen molar-refractivity contribution in [1.29, 1.82) is 0 Å². The SMILES string of the molecule is CCN(CC)C(=O)c1ccccc1C1NCCc2cc(OC)c(OC)cc21. The molecule has 1 unspecified atom stereocenters. The van der Waals surface area contributed by atoms with Gasteiger partial charge in [-0.15, -0.1) is 0 Å². The molecule has 0 fully saturated rings. The Morgan fingerprint density at radius 1 is 1.07 bits per heavy atom. The summed E-state index contributed by atoms with van der Waals surface area (Å²) in [6, 6.07) is 11.9. The normalized spacial score (nSPS) is 15.8. The van der Waals surface area contributed by atoms with Crippen molar-refractivity contribution in [3.63, 3.8) is 0 Å². The molecule has 5 heteroatoms. The molecule has 0 bridgehead atoms. The van der Waals surface area contributed by atoms with Gasteiger partial charge < -0.3 is 19.7 Å². The van der Waals surface area contributed by atoms with Crippen molar-refractivity contribution < 1.29 is 14.3 Å². The van der Waals surface area contributed by atoms with E-state index in [2.05, 4.69) is 11.4 Å². The molecule has 1 aliphatic heterocycles. The highest BCUT2D eigenvalue weighted by Gasteiger charge is 2.28. The average Bonchev–Trinajstić information content (AvgIpc) is 2.73. The lowest BCUT2D eigenvalue weighted by atomic mass is 9.87. The first-order chi connectivity index (χ1) is 13.1. The third-order valence-electron chi connectivity index (χ3n) is 5.25. The molecule has 2 aromatic rings. The van der Waals surface area contributed by atoms with E-state index in [-0.39, 0.29) is 11.9 Å². The van der Waals surface area contributed by atoms with Crippen molar-refractivity contribution in [2.45, 2.75) is 26.3 Å². The van der Waals surface area contributed by atoms with E-state index >= 15 is 0 Å². The smallest absolute Gasteiger partial charge is 0.254 e. The van der Waals surface area contributed by atoms with Gasteiger partial charge in [0.2, 0.25) is 0 Å². The first kappa shape index (κ1) is 19.2. The Morgan fingerprint density at radius 3 is 2.41 bits per heavy atom. The number of hydrogen-bond donors (Lipinski definition) is 1. The van der Waals surface area contributed by atoms with Crippen molar-refractivity contribution in [3.05, 3.63) is 58.7 Å². The molecule has 27 heavy (non-hydrogen) atoms. The van der Waals surface area contributed by atoms with Gasteiger partial charge in [-0.2, -0.15) is 0 Å². The van der Waals surface area contributed by atoms with Crippen molar-refractivity contribution >= 4 is 5.91 Å². The van der Waals surface area contributed by atoms with Crippen LogP contribution in [-0.4, -0.2) is 44.7 Å². The molecule has 5 nitrogen and oxygen atoms in total. The summed E-state index contributed by atoms with van der Waals surface area (Å²) in [6.45, 7) is 6.26. The highest BCUT2D eigenvalue weighted by Crippen LogP contribution is 2.38. The second-order valence-corrected chi connectivity index (χ2v) is 6.61. The fourth-order valence-electron chi connectivity index (χ4n) is 3.79. The first-order valence-corrected chi connectivity index (χ1v) is 9.50. The predicted molar refractivity (Wildman–Crippen MR) is 107 cm³/mol. The number of benzene rings is 2. The maximum Gasteiger partial charge on any atom is 0.254 e. The van der Waals surface area contributed by atoms with E-state index in [4.69, 9.17) is 9.47 Å². The summed E-state index contributed by atoms with van der Waals surface area (Å²) >= 11 is 0. The third kappa shape index (κ3) is 3.65. The first-order valence-electron chi connectivity index (χ1n) is 9.50. The summed E-state index contributed by atoms with van der Waals surface area (Å²) in [7, 11) is 3.30. The lowest BCUT2D eigenvalue weighted by molar-refractivity contribution is 0.0771. The fourth-order valence-corrected chi connectivity index (χ4v) is 3.79. The Morgan fingerprint density at radius 2 is 1.74 bits per heavy atom. The van der Waals surface area contributed by atoms with E-state index in [0.717, 1.165) is 35.4 Å². The van der Waals surface area contributed by atoms with Gasteiger partial charge in [-0.3, -0.25) is 4.79 Å². The van der Waals surface area contributed by atoms with Crippen molar-refractivity contribution in [1.82, 2.24) is 10.2 Å². The van der Waals surface area contributed by atoms with Crippen molar-refractivity contribution in [3.8, 4) is 11.5 Å². The number of nitrogens with one attached hydrogen (secondary N) is 1. The van der Waals surface area contributed by atoms with Gasteiger partial charge in [0.05, 0.1) is 20.3 Å². The zero-order valence-corrected chi connectivity index (χ0v) is 16.5. The maximum absolute atomic E-state index is 13.1. The molecule has 3 rings (SSSR count). The summed E-state index contributed by atoms with van der Waals surface area (Å²) in [6.07, 6.45) is 0.915. The van der Waals surface area contributed by atoms with E-state index < -0.39 is 0 Å². The van der Waals surface area contributed by atoms with Gasteiger partial charge in [0.1, 0.15) is 0 Å². The minimum atomic E-state index is -0.0516. The van der Waals surface area contributed by atoms with E-state index in [1.165, 1.54) is 5.56 Å². The van der Waals surface area contributed by atoms with Gasteiger partial charge in [0.25, 0.3) is 5.91 Å². The van der Waals surface area contributed by atoms with Gasteiger partial charge in [-0.05, 0) is 55.2 Å². The largest absolute Gasteiger partial charge is 0.493 e. The van der Waals surface area contributed by atoms with Crippen molar-refractivity contribution in [2.24, 2.45) is 0 Å². The number of ether oxygens (including phenoxy) is 2. The van der Waals surface area contributed by atoms with Gasteiger partial charge in [0.15, 0.2) is 11.5 Å². The molecule has 1 amide bonds. The zero-order valence-electron chi connectivity index (χ0n) is 16.5. The Hall–Kier alpha value is -2.53. The second-order valence-electron chi connectivity index (χ2n) is 6.61. The Kier molecular flexibility index (Phi) is 6.01. The number of methoxy groups -OCH3 is 2. The number of amides is 1. The van der Waals surface area contributed by atoms with E-state index in [1.54, 1.807) is 14.2 Å².